The second-order valence-electron chi connectivity index (χ2n) is 1.65. The van der Waals surface area contributed by atoms with Crippen molar-refractivity contribution in [3.05, 3.63) is 23.9 Å². The molecule has 0 aromatic carbocycles. The minimum atomic E-state index is -0.581. The van der Waals surface area contributed by atoms with Crippen LogP contribution < -0.4 is 0 Å². The van der Waals surface area contributed by atoms with Gasteiger partial charge in [-0.3, -0.25) is 0 Å². The molecule has 0 unspecified atom stereocenters. The Kier molecular flexibility index (Phi) is 1.31. The lowest BCUT2D eigenvalue weighted by Gasteiger charge is -1.99. The Hall–Kier alpha value is -0.503. The third kappa shape index (κ3) is 1.20. The molecule has 0 amide bonds. The molecule has 0 aromatic heterocycles. The smallest absolute Gasteiger partial charge is 0.0902 e. The molecular weight excluding hydrogens is 104 g/mol. The van der Waals surface area contributed by atoms with E-state index in [4.69, 9.17) is 4.74 Å². The molecule has 1 rings (SSSR count). The standard InChI is InChI=1S/C5H8OSi/c1-7-4-2-6-3-5-7/h2-5,7H,1H3. The molecule has 0 bridgehead atoms. The first-order chi connectivity index (χ1) is 3.39. The van der Waals surface area contributed by atoms with Crippen molar-refractivity contribution in [3.63, 3.8) is 0 Å². The Balaban J connectivity index is 2.49. The van der Waals surface area contributed by atoms with Gasteiger partial charge >= 0.3 is 0 Å². The zero-order valence-electron chi connectivity index (χ0n) is 4.29. The maximum atomic E-state index is 4.81. The largest absolute Gasteiger partial charge is 0.474 e. The van der Waals surface area contributed by atoms with Gasteiger partial charge < -0.3 is 4.74 Å². The molecule has 0 N–H and O–H groups in total. The van der Waals surface area contributed by atoms with Gasteiger partial charge in [0.15, 0.2) is 0 Å². The molecule has 1 nitrogen and oxygen atoms in total. The summed E-state index contributed by atoms with van der Waals surface area (Å²) in [6, 6.07) is 0. The molecule has 38 valence electrons. The van der Waals surface area contributed by atoms with Crippen LogP contribution >= 0.6 is 0 Å². The van der Waals surface area contributed by atoms with E-state index in [2.05, 4.69) is 17.9 Å². The highest BCUT2D eigenvalue weighted by molar-refractivity contribution is 6.68. The third-order valence-electron chi connectivity index (χ3n) is 0.921. The van der Waals surface area contributed by atoms with Crippen LogP contribution in [0.4, 0.5) is 0 Å². The van der Waals surface area contributed by atoms with Gasteiger partial charge in [-0.25, -0.2) is 0 Å². The van der Waals surface area contributed by atoms with Crippen LogP contribution in [0, 0.1) is 0 Å². The van der Waals surface area contributed by atoms with Gasteiger partial charge in [-0.2, -0.15) is 0 Å². The number of hydrogen-bond acceptors (Lipinski definition) is 1. The molecule has 0 fully saturated rings. The summed E-state index contributed by atoms with van der Waals surface area (Å²) in [5, 5.41) is 0. The molecule has 1 aliphatic heterocycles. The number of rotatable bonds is 0. The van der Waals surface area contributed by atoms with Crippen LogP contribution in [0.5, 0.6) is 0 Å². The molecule has 0 aliphatic carbocycles. The fraction of sp³-hybridized carbons (Fsp3) is 0.200. The van der Waals surface area contributed by atoms with Gasteiger partial charge in [0, 0.05) is 0 Å². The third-order valence-corrected chi connectivity index (χ3v) is 2.45. The first-order valence-corrected chi connectivity index (χ1v) is 4.87. The van der Waals surface area contributed by atoms with Crippen LogP contribution in [-0.2, 0) is 4.74 Å². The molecule has 0 aromatic rings. The van der Waals surface area contributed by atoms with E-state index in [9.17, 15) is 0 Å². The Labute approximate surface area is 44.9 Å². The lowest BCUT2D eigenvalue weighted by atomic mass is 11.0. The van der Waals surface area contributed by atoms with Crippen molar-refractivity contribution >= 4 is 8.80 Å². The van der Waals surface area contributed by atoms with Crippen molar-refractivity contribution in [3.8, 4) is 0 Å². The van der Waals surface area contributed by atoms with Crippen LogP contribution in [0.2, 0.25) is 6.55 Å². The average Bonchev–Trinajstić information content (AvgIpc) is 1.69. The highest BCUT2D eigenvalue weighted by atomic mass is 28.3. The summed E-state index contributed by atoms with van der Waals surface area (Å²) in [7, 11) is -0.581. The van der Waals surface area contributed by atoms with Gasteiger partial charge in [0.05, 0.1) is 21.3 Å². The van der Waals surface area contributed by atoms with E-state index >= 15 is 0 Å². The van der Waals surface area contributed by atoms with Gasteiger partial charge in [0.25, 0.3) is 0 Å². The highest BCUT2D eigenvalue weighted by Gasteiger charge is 1.93. The van der Waals surface area contributed by atoms with Gasteiger partial charge in [0.2, 0.25) is 0 Å². The molecule has 0 radical (unpaired) electrons. The molecule has 0 saturated heterocycles. The molecule has 2 heteroatoms. The Morgan fingerprint density at radius 1 is 1.29 bits per heavy atom. The minimum absolute atomic E-state index is 0.581. The highest BCUT2D eigenvalue weighted by Crippen LogP contribution is 1.94. The molecule has 0 atom stereocenters. The summed E-state index contributed by atoms with van der Waals surface area (Å²) in [4.78, 5) is 0. The van der Waals surface area contributed by atoms with E-state index in [0.29, 0.717) is 0 Å². The van der Waals surface area contributed by atoms with Crippen molar-refractivity contribution in [1.29, 1.82) is 0 Å². The van der Waals surface area contributed by atoms with E-state index in [1.807, 2.05) is 0 Å². The first kappa shape index (κ1) is 4.65. The lowest BCUT2D eigenvalue weighted by molar-refractivity contribution is 0.402. The number of hydrogen-bond donors (Lipinski definition) is 0. The summed E-state index contributed by atoms with van der Waals surface area (Å²) >= 11 is 0. The van der Waals surface area contributed by atoms with Crippen molar-refractivity contribution < 1.29 is 4.74 Å². The SMILES string of the molecule is C[SiH]1C=COC=C1. The lowest BCUT2D eigenvalue weighted by Crippen LogP contribution is -2.00. The summed E-state index contributed by atoms with van der Waals surface area (Å²) in [5.41, 5.74) is 4.28. The van der Waals surface area contributed by atoms with Crippen LogP contribution in [0.3, 0.4) is 0 Å². The summed E-state index contributed by atoms with van der Waals surface area (Å²) < 4.78 is 4.81. The molecule has 1 heterocycles. The summed E-state index contributed by atoms with van der Waals surface area (Å²) in [5.74, 6) is 0. The van der Waals surface area contributed by atoms with E-state index in [1.54, 1.807) is 12.5 Å². The molecule has 0 saturated carbocycles. The maximum Gasteiger partial charge on any atom is 0.0902 e. The second-order valence-corrected chi connectivity index (χ2v) is 4.14. The van der Waals surface area contributed by atoms with Crippen molar-refractivity contribution in [2.75, 3.05) is 0 Å². The quantitative estimate of drug-likeness (QED) is 0.424. The van der Waals surface area contributed by atoms with Gasteiger partial charge in [-0.15, -0.1) is 0 Å². The zero-order chi connectivity index (χ0) is 5.11. The predicted octanol–water partition coefficient (Wildman–Crippen LogP) is 0.979. The fourth-order valence-corrected chi connectivity index (χ4v) is 1.25. The maximum absolute atomic E-state index is 4.81. The van der Waals surface area contributed by atoms with Crippen LogP contribution in [0.25, 0.3) is 0 Å². The predicted molar refractivity (Wildman–Crippen MR) is 32.4 cm³/mol. The Morgan fingerprint density at radius 3 is 2.14 bits per heavy atom. The summed E-state index contributed by atoms with van der Waals surface area (Å²) in [6.07, 6.45) is 3.52. The van der Waals surface area contributed by atoms with E-state index < -0.39 is 8.80 Å². The van der Waals surface area contributed by atoms with Crippen LogP contribution in [0.15, 0.2) is 23.9 Å². The Morgan fingerprint density at radius 2 is 1.86 bits per heavy atom. The van der Waals surface area contributed by atoms with Crippen molar-refractivity contribution in [1.82, 2.24) is 0 Å². The zero-order valence-corrected chi connectivity index (χ0v) is 5.45. The van der Waals surface area contributed by atoms with Crippen molar-refractivity contribution in [2.45, 2.75) is 6.55 Å². The molecule has 1 aliphatic rings. The Bertz CT molecular complexity index is 94.6. The first-order valence-electron chi connectivity index (χ1n) is 2.38. The average molecular weight is 112 g/mol. The normalized spacial score (nSPS) is 19.6. The monoisotopic (exact) mass is 112 g/mol. The van der Waals surface area contributed by atoms with E-state index in [0.717, 1.165) is 0 Å². The fourth-order valence-electron chi connectivity index (χ4n) is 0.448. The molecule has 0 spiro atoms. The van der Waals surface area contributed by atoms with Crippen molar-refractivity contribution in [2.24, 2.45) is 0 Å². The van der Waals surface area contributed by atoms with Crippen LogP contribution in [-0.4, -0.2) is 8.80 Å². The van der Waals surface area contributed by atoms with Gasteiger partial charge in [-0.05, 0) is 0 Å². The topological polar surface area (TPSA) is 9.23 Å². The van der Waals surface area contributed by atoms with Crippen LogP contribution in [0.1, 0.15) is 0 Å². The van der Waals surface area contributed by atoms with E-state index in [-0.39, 0.29) is 0 Å². The molecular formula is C5H8OSi. The van der Waals surface area contributed by atoms with Gasteiger partial charge in [-0.1, -0.05) is 17.9 Å². The minimum Gasteiger partial charge on any atom is -0.474 e. The number of ether oxygens (including phenoxy) is 1. The van der Waals surface area contributed by atoms with Gasteiger partial charge in [0.1, 0.15) is 0 Å². The van der Waals surface area contributed by atoms with E-state index in [1.165, 1.54) is 0 Å². The summed E-state index contributed by atoms with van der Waals surface area (Å²) in [6.45, 7) is 2.25. The second kappa shape index (κ2) is 1.98. The molecule has 7 heavy (non-hydrogen) atoms.